The highest BCUT2D eigenvalue weighted by atomic mass is 16.5. The minimum Gasteiger partial charge on any atom is -0.491 e. The summed E-state index contributed by atoms with van der Waals surface area (Å²) in [7, 11) is 1.62. The van der Waals surface area contributed by atoms with E-state index in [0.29, 0.717) is 30.3 Å². The van der Waals surface area contributed by atoms with E-state index in [4.69, 9.17) is 15.2 Å². The first-order valence-electron chi connectivity index (χ1n) is 6.44. The van der Waals surface area contributed by atoms with Gasteiger partial charge in [0.15, 0.2) is 0 Å². The normalized spacial score (nSPS) is 10.1. The van der Waals surface area contributed by atoms with Crippen molar-refractivity contribution in [3.8, 4) is 5.75 Å². The molecule has 2 aromatic rings. The van der Waals surface area contributed by atoms with Crippen LogP contribution in [0, 0.1) is 0 Å². The fourth-order valence-corrected chi connectivity index (χ4v) is 1.61. The molecule has 0 atom stereocenters. The van der Waals surface area contributed by atoms with E-state index in [1.54, 1.807) is 43.5 Å². The van der Waals surface area contributed by atoms with Crippen molar-refractivity contribution >= 4 is 17.3 Å². The summed E-state index contributed by atoms with van der Waals surface area (Å²) in [5, 5.41) is 2.75. The third-order valence-electron chi connectivity index (χ3n) is 2.69. The largest absolute Gasteiger partial charge is 0.491 e. The first-order chi connectivity index (χ1) is 10.2. The van der Waals surface area contributed by atoms with Crippen molar-refractivity contribution < 1.29 is 14.3 Å². The van der Waals surface area contributed by atoms with Gasteiger partial charge in [0.2, 0.25) is 0 Å². The number of methoxy groups -OCH3 is 1. The van der Waals surface area contributed by atoms with Crippen LogP contribution in [0.5, 0.6) is 5.75 Å². The Bertz CT molecular complexity index is 582. The fourth-order valence-electron chi connectivity index (χ4n) is 1.61. The Morgan fingerprint density at radius 2 is 1.95 bits per heavy atom. The van der Waals surface area contributed by atoms with Gasteiger partial charge < -0.3 is 20.5 Å². The first-order valence-corrected chi connectivity index (χ1v) is 6.44. The first kappa shape index (κ1) is 14.8. The smallest absolute Gasteiger partial charge is 0.274 e. The number of amides is 1. The lowest BCUT2D eigenvalue weighted by Crippen LogP contribution is -2.13. The molecule has 110 valence electrons. The van der Waals surface area contributed by atoms with Crippen LogP contribution in [0.2, 0.25) is 0 Å². The number of ether oxygens (including phenoxy) is 2. The zero-order valence-electron chi connectivity index (χ0n) is 11.7. The van der Waals surface area contributed by atoms with Gasteiger partial charge in [-0.05, 0) is 36.4 Å². The van der Waals surface area contributed by atoms with Crippen LogP contribution in [0.4, 0.5) is 11.4 Å². The Kier molecular flexibility index (Phi) is 5.11. The lowest BCUT2D eigenvalue weighted by atomic mass is 10.2. The number of benzene rings is 1. The number of rotatable bonds is 6. The number of nitrogens with zero attached hydrogens (tertiary/aromatic N) is 1. The average molecular weight is 287 g/mol. The third kappa shape index (κ3) is 4.47. The Morgan fingerprint density at radius 1 is 1.19 bits per heavy atom. The predicted octanol–water partition coefficient (Wildman–Crippen LogP) is 1.94. The summed E-state index contributed by atoms with van der Waals surface area (Å²) in [4.78, 5) is 15.9. The second-order valence-corrected chi connectivity index (χ2v) is 4.30. The van der Waals surface area contributed by atoms with Crippen molar-refractivity contribution in [2.45, 2.75) is 0 Å². The van der Waals surface area contributed by atoms with Crippen LogP contribution in [0.1, 0.15) is 10.5 Å². The van der Waals surface area contributed by atoms with Crippen LogP contribution in [-0.4, -0.2) is 31.2 Å². The van der Waals surface area contributed by atoms with Crippen molar-refractivity contribution in [3.63, 3.8) is 0 Å². The fraction of sp³-hybridized carbons (Fsp3) is 0.200. The highest BCUT2D eigenvalue weighted by Gasteiger charge is 2.07. The van der Waals surface area contributed by atoms with Gasteiger partial charge in [-0.3, -0.25) is 4.79 Å². The number of nitrogens with two attached hydrogens (primary N) is 1. The molecule has 0 aliphatic carbocycles. The van der Waals surface area contributed by atoms with Gasteiger partial charge in [0.25, 0.3) is 5.91 Å². The van der Waals surface area contributed by atoms with Gasteiger partial charge in [-0.1, -0.05) is 0 Å². The van der Waals surface area contributed by atoms with E-state index in [-0.39, 0.29) is 5.91 Å². The quantitative estimate of drug-likeness (QED) is 0.793. The number of carbonyl (C=O) groups excluding carboxylic acids is 1. The lowest BCUT2D eigenvalue weighted by molar-refractivity contribution is 0.102. The third-order valence-corrected chi connectivity index (χ3v) is 2.69. The van der Waals surface area contributed by atoms with Gasteiger partial charge in [0.1, 0.15) is 18.1 Å². The van der Waals surface area contributed by atoms with Crippen molar-refractivity contribution in [2.75, 3.05) is 31.4 Å². The van der Waals surface area contributed by atoms with Crippen LogP contribution < -0.4 is 15.8 Å². The van der Waals surface area contributed by atoms with Crippen LogP contribution >= 0.6 is 0 Å². The molecular formula is C15H17N3O3. The van der Waals surface area contributed by atoms with Gasteiger partial charge in [0.05, 0.1) is 18.5 Å². The average Bonchev–Trinajstić information content (AvgIpc) is 2.50. The molecule has 0 unspecified atom stereocenters. The van der Waals surface area contributed by atoms with Crippen molar-refractivity contribution in [1.82, 2.24) is 4.98 Å². The van der Waals surface area contributed by atoms with E-state index in [1.165, 1.54) is 6.20 Å². The summed E-state index contributed by atoms with van der Waals surface area (Å²) in [5.74, 6) is 0.429. The molecule has 0 spiro atoms. The number of carbonyl (C=O) groups is 1. The summed E-state index contributed by atoms with van der Waals surface area (Å²) >= 11 is 0. The minimum atomic E-state index is -0.289. The van der Waals surface area contributed by atoms with Crippen LogP contribution in [0.25, 0.3) is 0 Å². The number of anilines is 2. The molecular weight excluding hydrogens is 270 g/mol. The Morgan fingerprint density at radius 3 is 2.57 bits per heavy atom. The number of hydrogen-bond donors (Lipinski definition) is 2. The molecule has 1 amide bonds. The predicted molar refractivity (Wildman–Crippen MR) is 80.4 cm³/mol. The van der Waals surface area contributed by atoms with Crippen LogP contribution in [-0.2, 0) is 4.74 Å². The van der Waals surface area contributed by atoms with E-state index >= 15 is 0 Å². The maximum Gasteiger partial charge on any atom is 0.274 e. The lowest BCUT2D eigenvalue weighted by Gasteiger charge is -2.08. The molecule has 0 aliphatic rings. The van der Waals surface area contributed by atoms with E-state index in [1.807, 2.05) is 0 Å². The second-order valence-electron chi connectivity index (χ2n) is 4.30. The number of aromatic nitrogens is 1. The highest BCUT2D eigenvalue weighted by molar-refractivity contribution is 6.02. The van der Waals surface area contributed by atoms with E-state index in [9.17, 15) is 4.79 Å². The molecule has 0 saturated heterocycles. The van der Waals surface area contributed by atoms with E-state index in [0.717, 1.165) is 5.75 Å². The van der Waals surface area contributed by atoms with Gasteiger partial charge in [-0.15, -0.1) is 0 Å². The topological polar surface area (TPSA) is 86.5 Å². The zero-order chi connectivity index (χ0) is 15.1. The van der Waals surface area contributed by atoms with Crippen molar-refractivity contribution in [1.29, 1.82) is 0 Å². The number of nitrogens with one attached hydrogen (secondary N) is 1. The SMILES string of the molecule is COCCOc1ccc(NC(=O)c2ccc(N)cn2)cc1. The van der Waals surface area contributed by atoms with Gasteiger partial charge >= 0.3 is 0 Å². The van der Waals surface area contributed by atoms with Gasteiger partial charge in [0, 0.05) is 12.8 Å². The summed E-state index contributed by atoms with van der Waals surface area (Å²) < 4.78 is 10.3. The summed E-state index contributed by atoms with van der Waals surface area (Å²) in [5.41, 5.74) is 7.02. The maximum absolute atomic E-state index is 12.0. The maximum atomic E-state index is 12.0. The molecule has 6 heteroatoms. The summed E-state index contributed by atoms with van der Waals surface area (Å²) in [6.45, 7) is 1.01. The van der Waals surface area contributed by atoms with E-state index in [2.05, 4.69) is 10.3 Å². The van der Waals surface area contributed by atoms with Gasteiger partial charge in [-0.25, -0.2) is 4.98 Å². The molecule has 0 radical (unpaired) electrons. The van der Waals surface area contributed by atoms with E-state index < -0.39 is 0 Å². The molecule has 0 saturated carbocycles. The summed E-state index contributed by atoms with van der Waals surface area (Å²) in [6, 6.07) is 10.3. The Balaban J connectivity index is 1.93. The van der Waals surface area contributed by atoms with Crippen molar-refractivity contribution in [2.24, 2.45) is 0 Å². The van der Waals surface area contributed by atoms with Crippen LogP contribution in [0.15, 0.2) is 42.6 Å². The van der Waals surface area contributed by atoms with Crippen molar-refractivity contribution in [3.05, 3.63) is 48.3 Å². The number of nitrogen functional groups attached to an aromatic ring is 1. The zero-order valence-corrected chi connectivity index (χ0v) is 11.7. The molecule has 1 aromatic heterocycles. The molecule has 21 heavy (non-hydrogen) atoms. The molecule has 2 rings (SSSR count). The molecule has 0 fully saturated rings. The standard InChI is InChI=1S/C15H17N3O3/c1-20-8-9-21-13-5-3-12(4-6-13)18-15(19)14-7-2-11(16)10-17-14/h2-7,10H,8-9,16H2,1H3,(H,18,19). The Labute approximate surface area is 122 Å². The second kappa shape index (κ2) is 7.25. The van der Waals surface area contributed by atoms with Gasteiger partial charge in [-0.2, -0.15) is 0 Å². The molecule has 0 aliphatic heterocycles. The molecule has 6 nitrogen and oxygen atoms in total. The Hall–Kier alpha value is -2.60. The highest BCUT2D eigenvalue weighted by Crippen LogP contribution is 2.16. The molecule has 3 N–H and O–H groups in total. The number of hydrogen-bond acceptors (Lipinski definition) is 5. The monoisotopic (exact) mass is 287 g/mol. The molecule has 1 heterocycles. The number of pyridine rings is 1. The molecule has 1 aromatic carbocycles. The minimum absolute atomic E-state index is 0.289. The van der Waals surface area contributed by atoms with Crippen LogP contribution in [0.3, 0.4) is 0 Å². The molecule has 0 bridgehead atoms. The summed E-state index contributed by atoms with van der Waals surface area (Å²) in [6.07, 6.45) is 1.45.